The molecule has 4 nitrogen and oxygen atoms in total. The van der Waals surface area contributed by atoms with E-state index >= 15 is 0 Å². The van der Waals surface area contributed by atoms with Crippen LogP contribution in [-0.2, 0) is 4.84 Å². The molecule has 0 amide bonds. The number of hydrogen-bond acceptors (Lipinski definition) is 4. The fourth-order valence-corrected chi connectivity index (χ4v) is 2.04. The van der Waals surface area contributed by atoms with Gasteiger partial charge in [-0.05, 0) is 38.1 Å². The molecule has 0 radical (unpaired) electrons. The Morgan fingerprint density at radius 3 is 2.61 bits per heavy atom. The van der Waals surface area contributed by atoms with E-state index in [-0.39, 0.29) is 24.8 Å². The molecular weight excluding hydrogens is 273 g/mol. The highest BCUT2D eigenvalue weighted by Crippen LogP contribution is 2.18. The molecule has 0 unspecified atom stereocenters. The van der Waals surface area contributed by atoms with Gasteiger partial charge in [0.2, 0.25) is 0 Å². The highest BCUT2D eigenvalue weighted by atomic mass is 35.5. The number of piperidine rings is 1. The van der Waals surface area contributed by atoms with Crippen LogP contribution in [0, 0.1) is 5.92 Å². The monoisotopic (exact) mass is 291 g/mol. The Kier molecular flexibility index (Phi) is 8.71. The van der Waals surface area contributed by atoms with Crippen LogP contribution >= 0.6 is 24.8 Å². The molecule has 1 aromatic heterocycles. The zero-order valence-electron chi connectivity index (χ0n) is 10.3. The van der Waals surface area contributed by atoms with Crippen molar-refractivity contribution in [2.75, 3.05) is 20.2 Å². The average Bonchev–Trinajstić information content (AvgIpc) is 2.38. The minimum atomic E-state index is 0. The summed E-state index contributed by atoms with van der Waals surface area (Å²) in [6.45, 7) is 2.08. The Labute approximate surface area is 120 Å². The van der Waals surface area contributed by atoms with Gasteiger partial charge < -0.3 is 10.2 Å². The number of halogens is 2. The molecule has 0 aliphatic carbocycles. The number of oxime groups is 1. The van der Waals surface area contributed by atoms with Crippen molar-refractivity contribution in [2.45, 2.75) is 12.8 Å². The van der Waals surface area contributed by atoms with Gasteiger partial charge in [-0.25, -0.2) is 0 Å². The van der Waals surface area contributed by atoms with Crippen LogP contribution in [0.1, 0.15) is 18.5 Å². The summed E-state index contributed by atoms with van der Waals surface area (Å²) in [5.74, 6) is 0.455. The Morgan fingerprint density at radius 2 is 2.06 bits per heavy atom. The van der Waals surface area contributed by atoms with Crippen LogP contribution in [-0.4, -0.2) is 30.9 Å². The van der Waals surface area contributed by atoms with Gasteiger partial charge >= 0.3 is 0 Å². The van der Waals surface area contributed by atoms with Crippen molar-refractivity contribution in [2.24, 2.45) is 11.1 Å². The number of rotatable bonds is 3. The predicted molar refractivity (Wildman–Crippen MR) is 77.9 cm³/mol. The first-order valence-electron chi connectivity index (χ1n) is 5.65. The summed E-state index contributed by atoms with van der Waals surface area (Å²) in [4.78, 5) is 9.28. The third-order valence-corrected chi connectivity index (χ3v) is 2.84. The second kappa shape index (κ2) is 9.14. The molecule has 0 spiro atoms. The van der Waals surface area contributed by atoms with Crippen molar-refractivity contribution in [1.82, 2.24) is 10.3 Å². The van der Waals surface area contributed by atoms with E-state index in [1.807, 2.05) is 18.2 Å². The van der Waals surface area contributed by atoms with Gasteiger partial charge in [-0.15, -0.1) is 24.8 Å². The summed E-state index contributed by atoms with van der Waals surface area (Å²) < 4.78 is 0. The first-order valence-corrected chi connectivity index (χ1v) is 5.65. The summed E-state index contributed by atoms with van der Waals surface area (Å²) in [6, 6.07) is 5.88. The molecule has 18 heavy (non-hydrogen) atoms. The summed E-state index contributed by atoms with van der Waals surface area (Å²) in [7, 11) is 1.59. The Morgan fingerprint density at radius 1 is 1.33 bits per heavy atom. The van der Waals surface area contributed by atoms with Gasteiger partial charge in [-0.3, -0.25) is 4.98 Å². The van der Waals surface area contributed by atoms with Crippen LogP contribution in [0.3, 0.4) is 0 Å². The van der Waals surface area contributed by atoms with Crippen LogP contribution in [0.25, 0.3) is 0 Å². The molecule has 6 heteroatoms. The van der Waals surface area contributed by atoms with E-state index in [0.717, 1.165) is 37.3 Å². The lowest BCUT2D eigenvalue weighted by Gasteiger charge is -2.23. The van der Waals surface area contributed by atoms with E-state index in [1.54, 1.807) is 13.3 Å². The maximum atomic E-state index is 4.94. The molecule has 0 atom stereocenters. The highest BCUT2D eigenvalue weighted by Gasteiger charge is 2.21. The van der Waals surface area contributed by atoms with Crippen molar-refractivity contribution < 1.29 is 4.84 Å². The quantitative estimate of drug-likeness (QED) is 0.686. The number of nitrogens with zero attached hydrogens (tertiary/aromatic N) is 2. The Bertz CT molecular complexity index is 354. The lowest BCUT2D eigenvalue weighted by molar-refractivity contribution is 0.210. The molecule has 1 saturated heterocycles. The molecule has 102 valence electrons. The summed E-state index contributed by atoms with van der Waals surface area (Å²) in [6.07, 6.45) is 3.99. The fourth-order valence-electron chi connectivity index (χ4n) is 2.04. The molecule has 1 aliphatic rings. The lowest BCUT2D eigenvalue weighted by Crippen LogP contribution is -2.32. The fraction of sp³-hybridized carbons (Fsp3) is 0.500. The van der Waals surface area contributed by atoms with Crippen LogP contribution in [0.15, 0.2) is 29.6 Å². The first kappa shape index (κ1) is 17.2. The van der Waals surface area contributed by atoms with Gasteiger partial charge in [-0.1, -0.05) is 11.2 Å². The topological polar surface area (TPSA) is 46.5 Å². The normalized spacial score (nSPS) is 16.4. The SMILES string of the molecule is CO/N=C(/c1ccccn1)C1CCNCC1.Cl.Cl. The van der Waals surface area contributed by atoms with E-state index in [2.05, 4.69) is 15.5 Å². The molecule has 0 aromatic carbocycles. The summed E-state index contributed by atoms with van der Waals surface area (Å²) >= 11 is 0. The molecule has 2 heterocycles. The molecule has 0 saturated carbocycles. The Balaban J connectivity index is 0.00000144. The molecule has 2 rings (SSSR count). The third-order valence-electron chi connectivity index (χ3n) is 2.84. The van der Waals surface area contributed by atoms with E-state index in [4.69, 9.17) is 4.84 Å². The molecule has 1 aromatic rings. The maximum Gasteiger partial charge on any atom is 0.108 e. The van der Waals surface area contributed by atoms with Crippen LogP contribution in [0.4, 0.5) is 0 Å². The minimum absolute atomic E-state index is 0. The van der Waals surface area contributed by atoms with Crippen molar-refractivity contribution in [3.05, 3.63) is 30.1 Å². The van der Waals surface area contributed by atoms with Crippen molar-refractivity contribution in [1.29, 1.82) is 0 Å². The van der Waals surface area contributed by atoms with Gasteiger partial charge in [0, 0.05) is 12.1 Å². The predicted octanol–water partition coefficient (Wildman–Crippen LogP) is 2.28. The van der Waals surface area contributed by atoms with Gasteiger partial charge in [0.15, 0.2) is 0 Å². The van der Waals surface area contributed by atoms with Gasteiger partial charge in [0.1, 0.15) is 12.8 Å². The maximum absolute atomic E-state index is 4.94. The molecular formula is C12H19Cl2N3O. The van der Waals surface area contributed by atoms with Crippen LogP contribution < -0.4 is 5.32 Å². The van der Waals surface area contributed by atoms with E-state index in [1.165, 1.54) is 0 Å². The highest BCUT2D eigenvalue weighted by molar-refractivity contribution is 6.00. The largest absolute Gasteiger partial charge is 0.399 e. The zero-order valence-corrected chi connectivity index (χ0v) is 12.0. The molecule has 1 N–H and O–H groups in total. The van der Waals surface area contributed by atoms with Crippen molar-refractivity contribution >= 4 is 30.5 Å². The first-order chi connectivity index (χ1) is 7.92. The summed E-state index contributed by atoms with van der Waals surface area (Å²) in [5, 5.41) is 7.49. The smallest absolute Gasteiger partial charge is 0.108 e. The lowest BCUT2D eigenvalue weighted by atomic mass is 9.91. The zero-order chi connectivity index (χ0) is 11.2. The number of aromatic nitrogens is 1. The second-order valence-electron chi connectivity index (χ2n) is 3.90. The van der Waals surface area contributed by atoms with Crippen molar-refractivity contribution in [3.63, 3.8) is 0 Å². The van der Waals surface area contributed by atoms with E-state index < -0.39 is 0 Å². The second-order valence-corrected chi connectivity index (χ2v) is 3.90. The minimum Gasteiger partial charge on any atom is -0.399 e. The number of nitrogens with one attached hydrogen (secondary N) is 1. The summed E-state index contributed by atoms with van der Waals surface area (Å²) in [5.41, 5.74) is 1.90. The van der Waals surface area contributed by atoms with Gasteiger partial charge in [0.05, 0.1) is 5.69 Å². The number of hydrogen-bond donors (Lipinski definition) is 1. The van der Waals surface area contributed by atoms with E-state index in [0.29, 0.717) is 5.92 Å². The molecule has 1 fully saturated rings. The van der Waals surface area contributed by atoms with Crippen LogP contribution in [0.5, 0.6) is 0 Å². The third kappa shape index (κ3) is 4.44. The molecule has 0 bridgehead atoms. The van der Waals surface area contributed by atoms with Gasteiger partial charge in [0.25, 0.3) is 0 Å². The van der Waals surface area contributed by atoms with Crippen LogP contribution in [0.2, 0.25) is 0 Å². The van der Waals surface area contributed by atoms with Crippen molar-refractivity contribution in [3.8, 4) is 0 Å². The molecule has 1 aliphatic heterocycles. The average molecular weight is 292 g/mol. The standard InChI is InChI=1S/C12H17N3O.2ClH/c1-16-15-12(10-5-8-13-9-6-10)11-4-2-3-7-14-11;;/h2-4,7,10,13H,5-6,8-9H2,1H3;2*1H/b15-12+;;. The van der Waals surface area contributed by atoms with E-state index in [9.17, 15) is 0 Å². The Hall–Kier alpha value is -0.840. The number of pyridine rings is 1. The van der Waals surface area contributed by atoms with Gasteiger partial charge in [-0.2, -0.15) is 0 Å².